The lowest BCUT2D eigenvalue weighted by molar-refractivity contribution is -0.120. The summed E-state index contributed by atoms with van der Waals surface area (Å²) in [7, 11) is -3.30. The summed E-state index contributed by atoms with van der Waals surface area (Å²) in [6.45, 7) is 7.53. The third kappa shape index (κ3) is 4.65. The first kappa shape index (κ1) is 18.6. The van der Waals surface area contributed by atoms with Crippen molar-refractivity contribution in [3.63, 3.8) is 0 Å². The quantitative estimate of drug-likeness (QED) is 0.716. The fourth-order valence-electron chi connectivity index (χ4n) is 3.40. The van der Waals surface area contributed by atoms with Crippen LogP contribution in [0.25, 0.3) is 0 Å². The zero-order valence-corrected chi connectivity index (χ0v) is 15.1. The third-order valence-electron chi connectivity index (χ3n) is 4.77. The van der Waals surface area contributed by atoms with Crippen LogP contribution in [0.5, 0.6) is 0 Å². The van der Waals surface area contributed by atoms with Gasteiger partial charge in [0.1, 0.15) is 0 Å². The van der Waals surface area contributed by atoms with Gasteiger partial charge in [-0.2, -0.15) is 4.31 Å². The van der Waals surface area contributed by atoms with Crippen LogP contribution in [0.15, 0.2) is 0 Å². The van der Waals surface area contributed by atoms with Crippen LogP contribution in [-0.4, -0.2) is 78.3 Å². The van der Waals surface area contributed by atoms with E-state index in [1.165, 1.54) is 11.2 Å². The maximum Gasteiger partial charge on any atom is 0.217 e. The van der Waals surface area contributed by atoms with Crippen LogP contribution in [-0.2, 0) is 14.8 Å². The molecule has 134 valence electrons. The second kappa shape index (κ2) is 7.04. The number of amides is 1. The van der Waals surface area contributed by atoms with E-state index in [0.29, 0.717) is 19.5 Å². The highest BCUT2D eigenvalue weighted by Gasteiger charge is 2.43. The number of carbonyl (C=O) groups is 1. The number of piperidine rings is 1. The number of nitrogens with zero attached hydrogens (tertiary/aromatic N) is 2. The van der Waals surface area contributed by atoms with Crippen LogP contribution < -0.4 is 5.32 Å². The molecule has 23 heavy (non-hydrogen) atoms. The summed E-state index contributed by atoms with van der Waals surface area (Å²) in [6.07, 6.45) is 2.21. The van der Waals surface area contributed by atoms with Crippen molar-refractivity contribution in [1.29, 1.82) is 0 Å². The summed E-state index contributed by atoms with van der Waals surface area (Å²) in [5.74, 6) is -0.00703. The summed E-state index contributed by atoms with van der Waals surface area (Å²) in [6, 6.07) is 0.208. The highest BCUT2D eigenvalue weighted by molar-refractivity contribution is 7.89. The first-order chi connectivity index (χ1) is 10.6. The fourth-order valence-corrected chi connectivity index (χ4v) is 4.77. The van der Waals surface area contributed by atoms with E-state index in [1.807, 2.05) is 0 Å². The largest absolute Gasteiger partial charge is 0.387 e. The minimum absolute atomic E-state index is 0.00703. The maximum absolute atomic E-state index is 12.2. The molecule has 2 heterocycles. The van der Waals surface area contributed by atoms with Crippen molar-refractivity contribution in [1.82, 2.24) is 14.5 Å². The molecule has 8 heteroatoms. The van der Waals surface area contributed by atoms with Gasteiger partial charge >= 0.3 is 0 Å². The Morgan fingerprint density at radius 3 is 2.43 bits per heavy atom. The predicted octanol–water partition coefficient (Wildman–Crippen LogP) is -0.238. The highest BCUT2D eigenvalue weighted by atomic mass is 32.2. The Hall–Kier alpha value is -0.700. The lowest BCUT2D eigenvalue weighted by Gasteiger charge is -2.36. The average molecular weight is 347 g/mol. The molecule has 2 N–H and O–H groups in total. The van der Waals surface area contributed by atoms with Crippen molar-refractivity contribution in [2.75, 3.05) is 32.7 Å². The molecule has 2 aliphatic heterocycles. The molecule has 0 spiro atoms. The zero-order valence-electron chi connectivity index (χ0n) is 14.3. The third-order valence-corrected chi connectivity index (χ3v) is 6.99. The van der Waals surface area contributed by atoms with Crippen LogP contribution >= 0.6 is 0 Å². The number of nitrogens with one attached hydrogen (secondary N) is 1. The molecule has 0 saturated carbocycles. The molecule has 0 bridgehead atoms. The van der Waals surface area contributed by atoms with Gasteiger partial charge in [-0.15, -0.1) is 0 Å². The Labute approximate surface area is 139 Å². The van der Waals surface area contributed by atoms with Gasteiger partial charge in [-0.1, -0.05) is 0 Å². The zero-order chi connectivity index (χ0) is 17.3. The normalized spacial score (nSPS) is 28.4. The smallest absolute Gasteiger partial charge is 0.217 e. The van der Waals surface area contributed by atoms with Crippen molar-refractivity contribution >= 4 is 15.9 Å². The molecule has 2 rings (SSSR count). The number of sulfonamides is 1. The van der Waals surface area contributed by atoms with Gasteiger partial charge in [-0.25, -0.2) is 8.42 Å². The minimum Gasteiger partial charge on any atom is -0.387 e. The molecule has 2 saturated heterocycles. The standard InChI is InChI=1S/C15H29N3O4S/c1-12(2)23(21,22)18-9-6-15(20,11-18)10-17-7-4-14(5-8-17)16-13(3)19/h12,14,20H,4-11H2,1-3H3,(H,16,19). The van der Waals surface area contributed by atoms with E-state index in [1.54, 1.807) is 13.8 Å². The molecule has 1 unspecified atom stereocenters. The van der Waals surface area contributed by atoms with E-state index in [0.717, 1.165) is 25.9 Å². The lowest BCUT2D eigenvalue weighted by Crippen LogP contribution is -2.51. The van der Waals surface area contributed by atoms with Crippen molar-refractivity contribution in [3.8, 4) is 0 Å². The monoisotopic (exact) mass is 347 g/mol. The molecule has 2 fully saturated rings. The second-order valence-electron chi connectivity index (χ2n) is 7.15. The number of likely N-dealkylation sites (tertiary alicyclic amines) is 1. The summed E-state index contributed by atoms with van der Waals surface area (Å²) in [5.41, 5.74) is -0.969. The Bertz CT molecular complexity index is 529. The summed E-state index contributed by atoms with van der Waals surface area (Å²) < 4.78 is 25.9. The van der Waals surface area contributed by atoms with Gasteiger partial charge in [0, 0.05) is 45.7 Å². The Morgan fingerprint density at radius 2 is 1.91 bits per heavy atom. The van der Waals surface area contributed by atoms with Gasteiger partial charge in [-0.05, 0) is 33.1 Å². The molecule has 0 aromatic heterocycles. The average Bonchev–Trinajstić information content (AvgIpc) is 2.83. The molecule has 0 aromatic rings. The van der Waals surface area contributed by atoms with Crippen molar-refractivity contribution in [2.45, 2.75) is 56.9 Å². The topological polar surface area (TPSA) is 90.0 Å². The highest BCUT2D eigenvalue weighted by Crippen LogP contribution is 2.27. The molecular formula is C15H29N3O4S. The minimum atomic E-state index is -3.30. The molecule has 1 atom stereocenters. The van der Waals surface area contributed by atoms with Crippen LogP contribution in [0.1, 0.15) is 40.0 Å². The first-order valence-corrected chi connectivity index (χ1v) is 9.83. The van der Waals surface area contributed by atoms with Gasteiger partial charge in [0.25, 0.3) is 0 Å². The molecule has 7 nitrogen and oxygen atoms in total. The van der Waals surface area contributed by atoms with Crippen LogP contribution in [0.2, 0.25) is 0 Å². The molecular weight excluding hydrogens is 318 g/mol. The van der Waals surface area contributed by atoms with Crippen LogP contribution in [0.4, 0.5) is 0 Å². The predicted molar refractivity (Wildman–Crippen MR) is 88.5 cm³/mol. The van der Waals surface area contributed by atoms with E-state index in [9.17, 15) is 18.3 Å². The van der Waals surface area contributed by atoms with E-state index in [2.05, 4.69) is 10.2 Å². The molecule has 2 aliphatic rings. The fraction of sp³-hybridized carbons (Fsp3) is 0.933. The molecule has 0 aliphatic carbocycles. The lowest BCUT2D eigenvalue weighted by atomic mass is 9.99. The van der Waals surface area contributed by atoms with Crippen molar-refractivity contribution < 1.29 is 18.3 Å². The number of rotatable bonds is 5. The van der Waals surface area contributed by atoms with Crippen LogP contribution in [0.3, 0.4) is 0 Å². The van der Waals surface area contributed by atoms with Crippen molar-refractivity contribution in [2.24, 2.45) is 0 Å². The first-order valence-electron chi connectivity index (χ1n) is 8.33. The van der Waals surface area contributed by atoms with Crippen molar-refractivity contribution in [3.05, 3.63) is 0 Å². The van der Waals surface area contributed by atoms with Gasteiger partial charge in [0.05, 0.1) is 10.9 Å². The second-order valence-corrected chi connectivity index (χ2v) is 9.64. The SMILES string of the molecule is CC(=O)NC1CCN(CC2(O)CCN(S(=O)(=O)C(C)C)C2)CC1. The summed E-state index contributed by atoms with van der Waals surface area (Å²) in [5, 5.41) is 13.2. The Kier molecular flexibility index (Phi) is 5.71. The summed E-state index contributed by atoms with van der Waals surface area (Å²) in [4.78, 5) is 13.3. The van der Waals surface area contributed by atoms with E-state index in [-0.39, 0.29) is 18.5 Å². The number of carbonyl (C=O) groups excluding carboxylic acids is 1. The van der Waals surface area contributed by atoms with E-state index < -0.39 is 20.9 Å². The van der Waals surface area contributed by atoms with Gasteiger partial charge in [-0.3, -0.25) is 4.79 Å². The van der Waals surface area contributed by atoms with Crippen LogP contribution in [0, 0.1) is 0 Å². The van der Waals surface area contributed by atoms with E-state index >= 15 is 0 Å². The Balaban J connectivity index is 1.86. The summed E-state index contributed by atoms with van der Waals surface area (Å²) >= 11 is 0. The number of β-amino-alcohol motifs (C(OH)–C–C–N with tert-alkyl or cyclic N) is 1. The molecule has 1 amide bonds. The molecule has 0 aromatic carbocycles. The maximum atomic E-state index is 12.2. The van der Waals surface area contributed by atoms with Gasteiger partial charge in [0.2, 0.25) is 15.9 Å². The van der Waals surface area contributed by atoms with E-state index in [4.69, 9.17) is 0 Å². The Morgan fingerprint density at radius 1 is 1.30 bits per heavy atom. The van der Waals surface area contributed by atoms with Gasteiger partial charge < -0.3 is 15.3 Å². The number of hydrogen-bond acceptors (Lipinski definition) is 5. The molecule has 0 radical (unpaired) electrons. The number of hydrogen-bond donors (Lipinski definition) is 2. The number of aliphatic hydroxyl groups is 1. The van der Waals surface area contributed by atoms with Gasteiger partial charge in [0.15, 0.2) is 0 Å².